The van der Waals surface area contributed by atoms with Gasteiger partial charge in [-0.15, -0.1) is 0 Å². The van der Waals surface area contributed by atoms with Gasteiger partial charge < -0.3 is 10.1 Å². The van der Waals surface area contributed by atoms with Crippen molar-refractivity contribution in [1.29, 1.82) is 0 Å². The van der Waals surface area contributed by atoms with Crippen molar-refractivity contribution in [3.63, 3.8) is 0 Å². The third-order valence-electron chi connectivity index (χ3n) is 7.71. The third-order valence-corrected chi connectivity index (χ3v) is 7.71. The second kappa shape index (κ2) is 8.16. The molecule has 3 aromatic rings. The largest absolute Gasteiger partial charge is 0.489 e. The Morgan fingerprint density at radius 3 is 2.60 bits per heavy atom. The Labute approximate surface area is 201 Å². The number of amides is 1. The van der Waals surface area contributed by atoms with E-state index in [-0.39, 0.29) is 29.3 Å². The summed E-state index contributed by atoms with van der Waals surface area (Å²) < 4.78 is 19.7. The Morgan fingerprint density at radius 1 is 1.09 bits per heavy atom. The summed E-state index contributed by atoms with van der Waals surface area (Å²) in [4.78, 5) is 27.9. The molecular formula is C27H24FN3O4. The van der Waals surface area contributed by atoms with E-state index in [9.17, 15) is 19.3 Å². The number of hydrogen-bond donors (Lipinski definition) is 1. The lowest BCUT2D eigenvalue weighted by Crippen LogP contribution is -2.55. The van der Waals surface area contributed by atoms with Gasteiger partial charge in [0.15, 0.2) is 5.54 Å². The first-order valence-electron chi connectivity index (χ1n) is 11.8. The Balaban J connectivity index is 1.35. The quantitative estimate of drug-likeness (QED) is 0.437. The van der Waals surface area contributed by atoms with Crippen LogP contribution in [0.5, 0.6) is 5.75 Å². The molecule has 0 radical (unpaired) electrons. The number of carbonyl (C=O) groups is 1. The molecule has 178 valence electrons. The number of anilines is 1. The van der Waals surface area contributed by atoms with Crippen LogP contribution in [0.1, 0.15) is 35.4 Å². The van der Waals surface area contributed by atoms with Gasteiger partial charge in [-0.3, -0.25) is 19.8 Å². The maximum atomic E-state index is 13.9. The fourth-order valence-corrected chi connectivity index (χ4v) is 6.34. The Hall–Kier alpha value is -3.78. The molecular weight excluding hydrogens is 449 g/mol. The lowest BCUT2D eigenvalue weighted by atomic mass is 9.77. The van der Waals surface area contributed by atoms with Crippen molar-refractivity contribution < 1.29 is 18.8 Å². The average molecular weight is 474 g/mol. The Kier molecular flexibility index (Phi) is 5.07. The highest BCUT2D eigenvalue weighted by Crippen LogP contribution is 2.58. The molecule has 4 atom stereocenters. The minimum atomic E-state index is -1.33. The zero-order chi connectivity index (χ0) is 24.2. The average Bonchev–Trinajstić information content (AvgIpc) is 3.52. The molecule has 0 saturated carbocycles. The van der Waals surface area contributed by atoms with Gasteiger partial charge in [-0.1, -0.05) is 48.5 Å². The van der Waals surface area contributed by atoms with Crippen LogP contribution < -0.4 is 10.1 Å². The molecule has 3 heterocycles. The number of para-hydroxylation sites is 1. The molecule has 0 aliphatic carbocycles. The van der Waals surface area contributed by atoms with E-state index in [0.717, 1.165) is 18.4 Å². The molecule has 1 N–H and O–H groups in total. The number of rotatable bonds is 5. The van der Waals surface area contributed by atoms with Crippen LogP contribution in [0.3, 0.4) is 0 Å². The van der Waals surface area contributed by atoms with Crippen LogP contribution >= 0.6 is 0 Å². The van der Waals surface area contributed by atoms with Crippen LogP contribution in [0, 0.1) is 15.9 Å². The van der Waals surface area contributed by atoms with Gasteiger partial charge in [0.1, 0.15) is 18.2 Å². The summed E-state index contributed by atoms with van der Waals surface area (Å²) in [5, 5.41) is 15.5. The van der Waals surface area contributed by atoms with E-state index in [1.54, 1.807) is 36.4 Å². The summed E-state index contributed by atoms with van der Waals surface area (Å²) in [6.07, 6.45) is 1.67. The first-order chi connectivity index (χ1) is 17.0. The van der Waals surface area contributed by atoms with Gasteiger partial charge in [-0.25, -0.2) is 4.39 Å². The number of carbonyl (C=O) groups excluding carboxylic acids is 1. The summed E-state index contributed by atoms with van der Waals surface area (Å²) in [5.41, 5.74) is 1.26. The predicted molar refractivity (Wildman–Crippen MR) is 127 cm³/mol. The third kappa shape index (κ3) is 3.16. The van der Waals surface area contributed by atoms with E-state index in [0.29, 0.717) is 29.1 Å². The predicted octanol–water partition coefficient (Wildman–Crippen LogP) is 4.46. The monoisotopic (exact) mass is 473 g/mol. The summed E-state index contributed by atoms with van der Waals surface area (Å²) in [5.74, 6) is -0.551. The minimum absolute atomic E-state index is 0.0867. The molecule has 0 unspecified atom stereocenters. The van der Waals surface area contributed by atoms with Crippen molar-refractivity contribution in [2.24, 2.45) is 0 Å². The fourth-order valence-electron chi connectivity index (χ4n) is 6.34. The molecule has 8 heteroatoms. The zero-order valence-corrected chi connectivity index (χ0v) is 18.9. The van der Waals surface area contributed by atoms with Gasteiger partial charge in [0.2, 0.25) is 0 Å². The maximum absolute atomic E-state index is 13.9. The number of fused-ring (bicyclic) bond motifs is 4. The van der Waals surface area contributed by atoms with Crippen molar-refractivity contribution in [3.8, 4) is 5.75 Å². The van der Waals surface area contributed by atoms with Crippen LogP contribution in [0.4, 0.5) is 10.1 Å². The number of nitrogens with zero attached hydrogens (tertiary/aromatic N) is 2. The number of ether oxygens (including phenoxy) is 1. The minimum Gasteiger partial charge on any atom is -0.489 e. The van der Waals surface area contributed by atoms with Crippen LogP contribution in [-0.4, -0.2) is 34.4 Å². The second-order valence-electron chi connectivity index (χ2n) is 9.37. The first kappa shape index (κ1) is 21.7. The number of benzene rings is 3. The number of halogens is 1. The molecule has 1 spiro atoms. The maximum Gasteiger partial charge on any atom is 0.256 e. The Morgan fingerprint density at radius 2 is 1.83 bits per heavy atom. The molecule has 3 aliphatic rings. The number of nitrogens with one attached hydrogen (secondary N) is 1. The summed E-state index contributed by atoms with van der Waals surface area (Å²) in [7, 11) is 0. The molecule has 2 saturated heterocycles. The molecule has 35 heavy (non-hydrogen) atoms. The van der Waals surface area contributed by atoms with Crippen LogP contribution in [0.15, 0.2) is 72.8 Å². The lowest BCUT2D eigenvalue weighted by molar-refractivity contribution is -0.534. The van der Waals surface area contributed by atoms with Gasteiger partial charge in [0.05, 0.1) is 5.92 Å². The molecule has 0 aromatic heterocycles. The second-order valence-corrected chi connectivity index (χ2v) is 9.37. The van der Waals surface area contributed by atoms with Crippen molar-refractivity contribution in [3.05, 3.63) is 105 Å². The summed E-state index contributed by atoms with van der Waals surface area (Å²) in [6.45, 7) is 0.723. The number of hydrogen-bond acceptors (Lipinski definition) is 5. The van der Waals surface area contributed by atoms with Gasteiger partial charge in [-0.05, 0) is 42.7 Å². The molecule has 0 bridgehead atoms. The van der Waals surface area contributed by atoms with E-state index in [1.165, 1.54) is 6.07 Å². The van der Waals surface area contributed by atoms with Crippen molar-refractivity contribution in [1.82, 2.24) is 4.90 Å². The number of nitro groups is 1. The zero-order valence-electron chi connectivity index (χ0n) is 18.9. The van der Waals surface area contributed by atoms with Crippen molar-refractivity contribution >= 4 is 11.6 Å². The van der Waals surface area contributed by atoms with Gasteiger partial charge in [0.25, 0.3) is 11.9 Å². The highest BCUT2D eigenvalue weighted by molar-refractivity contribution is 6.07. The van der Waals surface area contributed by atoms with Gasteiger partial charge in [-0.2, -0.15) is 0 Å². The van der Waals surface area contributed by atoms with E-state index in [1.807, 2.05) is 30.3 Å². The summed E-state index contributed by atoms with van der Waals surface area (Å²) >= 11 is 0. The van der Waals surface area contributed by atoms with Crippen LogP contribution in [-0.2, 0) is 16.9 Å². The normalized spacial score (nSPS) is 27.0. The Bertz CT molecular complexity index is 1310. The SMILES string of the molecule is O=C1Nc2ccccc2[C@]12[C@H]([N+](=O)[O-])[C@H](c1ccc(OCc3ccccc3F)cc1)[C@@H]1CCCN12. The van der Waals surface area contributed by atoms with Crippen LogP contribution in [0.25, 0.3) is 0 Å². The van der Waals surface area contributed by atoms with E-state index < -0.39 is 17.5 Å². The van der Waals surface area contributed by atoms with E-state index in [2.05, 4.69) is 10.2 Å². The van der Waals surface area contributed by atoms with Crippen LogP contribution in [0.2, 0.25) is 0 Å². The van der Waals surface area contributed by atoms with Gasteiger partial charge >= 0.3 is 0 Å². The molecule has 6 rings (SSSR count). The smallest absolute Gasteiger partial charge is 0.256 e. The molecule has 3 aliphatic heterocycles. The standard InChI is InChI=1S/C27H24FN3O4/c28-21-8-3-1-6-18(21)16-35-19-13-11-17(12-14-19)24-23-10-5-15-30(23)27(25(24)31(33)34)20-7-2-4-9-22(20)29-26(27)32/h1-4,6-9,11-14,23-25H,5,10,15-16H2,(H,29,32)/t23-,24+,25+,27-/m0/s1. The topological polar surface area (TPSA) is 84.7 Å². The van der Waals surface area contributed by atoms with Crippen molar-refractivity contribution in [2.45, 2.75) is 43.0 Å². The fraction of sp³-hybridized carbons (Fsp3) is 0.296. The molecule has 1 amide bonds. The summed E-state index contributed by atoms with van der Waals surface area (Å²) in [6, 6.07) is 19.7. The van der Waals surface area contributed by atoms with E-state index >= 15 is 0 Å². The molecule has 3 aromatic carbocycles. The highest BCUT2D eigenvalue weighted by Gasteiger charge is 2.73. The molecule has 2 fully saturated rings. The van der Waals surface area contributed by atoms with E-state index in [4.69, 9.17) is 4.74 Å². The lowest BCUT2D eigenvalue weighted by Gasteiger charge is -2.32. The molecule has 7 nitrogen and oxygen atoms in total. The van der Waals surface area contributed by atoms with Gasteiger partial charge in [0, 0.05) is 34.3 Å². The first-order valence-corrected chi connectivity index (χ1v) is 11.8. The van der Waals surface area contributed by atoms with Crippen molar-refractivity contribution in [2.75, 3.05) is 11.9 Å². The highest BCUT2D eigenvalue weighted by atomic mass is 19.1.